The molecule has 0 aromatic carbocycles. The van der Waals surface area contributed by atoms with E-state index < -0.39 is 0 Å². The minimum absolute atomic E-state index is 0.263. The Kier molecular flexibility index (Phi) is 5.18. The first-order valence-corrected chi connectivity index (χ1v) is 8.21. The average Bonchev–Trinajstić information content (AvgIpc) is 3.24. The van der Waals surface area contributed by atoms with Crippen molar-refractivity contribution in [3.05, 3.63) is 24.1 Å². The van der Waals surface area contributed by atoms with Crippen LogP contribution < -0.4 is 4.90 Å². The van der Waals surface area contributed by atoms with Crippen molar-refractivity contribution < 1.29 is 13.6 Å². The van der Waals surface area contributed by atoms with E-state index in [2.05, 4.69) is 20.9 Å². The largest absolute Gasteiger partial charge is 0.459 e. The van der Waals surface area contributed by atoms with Gasteiger partial charge in [-0.25, -0.2) is 0 Å². The summed E-state index contributed by atoms with van der Waals surface area (Å²) in [5.74, 6) is 1.41. The van der Waals surface area contributed by atoms with E-state index in [1.165, 1.54) is 0 Å². The van der Waals surface area contributed by atoms with Crippen LogP contribution in [0.15, 0.2) is 27.2 Å². The smallest absolute Gasteiger partial charge is 0.266 e. The Hall–Kier alpha value is -2.30. The van der Waals surface area contributed by atoms with Crippen LogP contribution in [0.5, 0.6) is 0 Å². The molecular formula is C17H22N4O3. The zero-order chi connectivity index (χ0) is 16.9. The summed E-state index contributed by atoms with van der Waals surface area (Å²) in [4.78, 5) is 8.66. The van der Waals surface area contributed by atoms with Crippen LogP contribution in [0.3, 0.4) is 0 Å². The lowest BCUT2D eigenvalue weighted by molar-refractivity contribution is 0.0577. The van der Waals surface area contributed by atoms with Gasteiger partial charge in [0, 0.05) is 32.7 Å². The monoisotopic (exact) mass is 330 g/mol. The van der Waals surface area contributed by atoms with Crippen LogP contribution in [0.4, 0.5) is 5.88 Å². The number of oxazole rings is 1. The summed E-state index contributed by atoms with van der Waals surface area (Å²) in [6.45, 7) is 9.15. The molecule has 7 nitrogen and oxygen atoms in total. The van der Waals surface area contributed by atoms with E-state index >= 15 is 0 Å². The van der Waals surface area contributed by atoms with Crippen molar-refractivity contribution in [1.29, 1.82) is 5.26 Å². The number of furan rings is 1. The number of nitriles is 1. The molecule has 0 aliphatic carbocycles. The summed E-state index contributed by atoms with van der Waals surface area (Å²) >= 11 is 0. The molecule has 0 spiro atoms. The van der Waals surface area contributed by atoms with Crippen molar-refractivity contribution in [2.75, 3.05) is 44.2 Å². The Morgan fingerprint density at radius 1 is 1.33 bits per heavy atom. The molecule has 24 heavy (non-hydrogen) atoms. The first kappa shape index (κ1) is 16.6. The maximum Gasteiger partial charge on any atom is 0.266 e. The lowest BCUT2D eigenvalue weighted by Crippen LogP contribution is -2.47. The third-order valence-corrected chi connectivity index (χ3v) is 3.97. The molecule has 0 amide bonds. The van der Waals surface area contributed by atoms with Crippen LogP contribution in [-0.2, 0) is 4.74 Å². The maximum atomic E-state index is 9.32. The van der Waals surface area contributed by atoms with E-state index in [4.69, 9.17) is 13.6 Å². The highest BCUT2D eigenvalue weighted by Crippen LogP contribution is 2.28. The molecule has 0 bridgehead atoms. The molecule has 1 aliphatic heterocycles. The number of piperazine rings is 1. The molecular weight excluding hydrogens is 308 g/mol. The molecule has 0 radical (unpaired) electrons. The van der Waals surface area contributed by atoms with E-state index in [0.717, 1.165) is 39.3 Å². The van der Waals surface area contributed by atoms with Gasteiger partial charge in [0.1, 0.15) is 6.07 Å². The minimum Gasteiger partial charge on any atom is -0.459 e. The topological polar surface area (TPSA) is 78.7 Å². The van der Waals surface area contributed by atoms with Crippen molar-refractivity contribution in [3.8, 4) is 17.7 Å². The van der Waals surface area contributed by atoms with Gasteiger partial charge in [0.2, 0.25) is 11.6 Å². The van der Waals surface area contributed by atoms with Crippen molar-refractivity contribution in [1.82, 2.24) is 9.88 Å². The maximum absolute atomic E-state index is 9.32. The first-order valence-electron chi connectivity index (χ1n) is 8.21. The number of hydrogen-bond acceptors (Lipinski definition) is 7. The number of rotatable bonds is 6. The van der Waals surface area contributed by atoms with Crippen molar-refractivity contribution in [2.24, 2.45) is 0 Å². The van der Waals surface area contributed by atoms with Crippen LogP contribution in [0.2, 0.25) is 0 Å². The fraction of sp³-hybridized carbons (Fsp3) is 0.529. The summed E-state index contributed by atoms with van der Waals surface area (Å²) in [5.41, 5.74) is 0.304. The Bertz CT molecular complexity index is 679. The first-order chi connectivity index (χ1) is 11.7. The standard InChI is InChI=1S/C17H22N4O3/c1-13(2)22-11-9-20-5-7-21(8-6-20)17-14(12-18)19-16(24-17)15-4-3-10-23-15/h3-4,10,13H,5-9,11H2,1-2H3. The molecule has 1 fully saturated rings. The highest BCUT2D eigenvalue weighted by molar-refractivity contribution is 5.55. The second-order valence-electron chi connectivity index (χ2n) is 6.01. The fourth-order valence-corrected chi connectivity index (χ4v) is 2.70. The Balaban J connectivity index is 1.61. The summed E-state index contributed by atoms with van der Waals surface area (Å²) in [5, 5.41) is 9.32. The van der Waals surface area contributed by atoms with E-state index in [1.54, 1.807) is 18.4 Å². The highest BCUT2D eigenvalue weighted by Gasteiger charge is 2.25. The highest BCUT2D eigenvalue weighted by atomic mass is 16.5. The SMILES string of the molecule is CC(C)OCCN1CCN(c2oc(-c3ccco3)nc2C#N)CC1. The minimum atomic E-state index is 0.263. The second kappa shape index (κ2) is 7.51. The molecule has 2 aromatic rings. The molecule has 0 N–H and O–H groups in total. The number of hydrogen-bond donors (Lipinski definition) is 0. The molecule has 1 saturated heterocycles. The third kappa shape index (κ3) is 3.78. The predicted octanol–water partition coefficient (Wildman–Crippen LogP) is 2.35. The van der Waals surface area contributed by atoms with Crippen LogP contribution in [0, 0.1) is 11.3 Å². The van der Waals surface area contributed by atoms with E-state index in [1.807, 2.05) is 13.8 Å². The lowest BCUT2D eigenvalue weighted by atomic mass is 10.3. The van der Waals surface area contributed by atoms with Gasteiger partial charge in [0.05, 0.1) is 19.0 Å². The zero-order valence-corrected chi connectivity index (χ0v) is 14.1. The summed E-state index contributed by atoms with van der Waals surface area (Å²) < 4.78 is 16.7. The molecule has 2 aromatic heterocycles. The molecule has 3 heterocycles. The number of anilines is 1. The van der Waals surface area contributed by atoms with Gasteiger partial charge in [-0.15, -0.1) is 0 Å². The summed E-state index contributed by atoms with van der Waals surface area (Å²) in [6.07, 6.45) is 1.82. The lowest BCUT2D eigenvalue weighted by Gasteiger charge is -2.34. The Labute approximate surface area is 141 Å². The molecule has 3 rings (SSSR count). The Morgan fingerprint density at radius 2 is 2.12 bits per heavy atom. The average molecular weight is 330 g/mol. The predicted molar refractivity (Wildman–Crippen MR) is 88.7 cm³/mol. The zero-order valence-electron chi connectivity index (χ0n) is 14.1. The van der Waals surface area contributed by atoms with E-state index in [0.29, 0.717) is 23.2 Å². The molecule has 7 heteroatoms. The van der Waals surface area contributed by atoms with E-state index in [-0.39, 0.29) is 6.10 Å². The molecule has 128 valence electrons. The molecule has 0 atom stereocenters. The summed E-state index contributed by atoms with van der Waals surface area (Å²) in [6, 6.07) is 5.65. The molecule has 0 saturated carbocycles. The van der Waals surface area contributed by atoms with E-state index in [9.17, 15) is 5.26 Å². The van der Waals surface area contributed by atoms with Gasteiger partial charge in [-0.3, -0.25) is 4.90 Å². The van der Waals surface area contributed by atoms with Crippen molar-refractivity contribution in [3.63, 3.8) is 0 Å². The summed E-state index contributed by atoms with van der Waals surface area (Å²) in [7, 11) is 0. The molecule has 1 aliphatic rings. The second-order valence-corrected chi connectivity index (χ2v) is 6.01. The van der Waals surface area contributed by atoms with Gasteiger partial charge >= 0.3 is 0 Å². The number of nitrogens with zero attached hydrogens (tertiary/aromatic N) is 4. The van der Waals surface area contributed by atoms with Gasteiger partial charge in [-0.1, -0.05) is 0 Å². The number of aromatic nitrogens is 1. The third-order valence-electron chi connectivity index (χ3n) is 3.97. The number of ether oxygens (including phenoxy) is 1. The van der Waals surface area contributed by atoms with Gasteiger partial charge in [0.15, 0.2) is 5.76 Å². The molecule has 0 unspecified atom stereocenters. The van der Waals surface area contributed by atoms with Crippen LogP contribution >= 0.6 is 0 Å². The van der Waals surface area contributed by atoms with Gasteiger partial charge in [-0.2, -0.15) is 10.2 Å². The quantitative estimate of drug-likeness (QED) is 0.804. The normalized spacial score (nSPS) is 15.8. The van der Waals surface area contributed by atoms with Crippen LogP contribution in [-0.4, -0.2) is 55.3 Å². The van der Waals surface area contributed by atoms with Crippen LogP contribution in [0.25, 0.3) is 11.7 Å². The van der Waals surface area contributed by atoms with Crippen LogP contribution in [0.1, 0.15) is 19.5 Å². The van der Waals surface area contributed by atoms with Gasteiger partial charge in [-0.05, 0) is 26.0 Å². The van der Waals surface area contributed by atoms with Crippen molar-refractivity contribution in [2.45, 2.75) is 20.0 Å². The Morgan fingerprint density at radius 3 is 2.75 bits per heavy atom. The van der Waals surface area contributed by atoms with Gasteiger partial charge in [0.25, 0.3) is 5.89 Å². The van der Waals surface area contributed by atoms with Gasteiger partial charge < -0.3 is 18.5 Å². The van der Waals surface area contributed by atoms with Crippen molar-refractivity contribution >= 4 is 5.88 Å². The fourth-order valence-electron chi connectivity index (χ4n) is 2.70.